The summed E-state index contributed by atoms with van der Waals surface area (Å²) in [6.07, 6.45) is 0. The molecule has 1 atom stereocenters. The zero-order valence-corrected chi connectivity index (χ0v) is 23.7. The summed E-state index contributed by atoms with van der Waals surface area (Å²) in [5, 5.41) is 3.13. The van der Waals surface area contributed by atoms with Gasteiger partial charge in [-0.1, -0.05) is 29.8 Å². The molecule has 0 bridgehead atoms. The number of benzene rings is 3. The van der Waals surface area contributed by atoms with Gasteiger partial charge in [0.05, 0.1) is 17.7 Å². The van der Waals surface area contributed by atoms with E-state index in [1.54, 1.807) is 19.9 Å². The Morgan fingerprint density at radius 3 is 2.15 bits per heavy atom. The molecular formula is C28H31ClFN3O5S. The van der Waals surface area contributed by atoms with Gasteiger partial charge in [-0.3, -0.25) is 13.9 Å². The Kier molecular flexibility index (Phi) is 9.93. The molecule has 0 fully saturated rings. The van der Waals surface area contributed by atoms with Gasteiger partial charge in [-0.15, -0.1) is 0 Å². The van der Waals surface area contributed by atoms with Crippen molar-refractivity contribution in [2.45, 2.75) is 44.3 Å². The van der Waals surface area contributed by atoms with Crippen LogP contribution in [-0.2, 0) is 26.2 Å². The number of hydrogen-bond donors (Lipinski definition) is 1. The van der Waals surface area contributed by atoms with Gasteiger partial charge in [-0.05, 0) is 75.4 Å². The molecule has 0 aliphatic rings. The van der Waals surface area contributed by atoms with Crippen LogP contribution < -0.4 is 14.4 Å². The third-order valence-corrected chi connectivity index (χ3v) is 7.98. The summed E-state index contributed by atoms with van der Waals surface area (Å²) in [6, 6.07) is 16.4. The zero-order valence-electron chi connectivity index (χ0n) is 22.1. The van der Waals surface area contributed by atoms with Crippen LogP contribution >= 0.6 is 11.6 Å². The van der Waals surface area contributed by atoms with E-state index in [4.69, 9.17) is 16.3 Å². The van der Waals surface area contributed by atoms with Gasteiger partial charge in [-0.25, -0.2) is 12.8 Å². The van der Waals surface area contributed by atoms with E-state index < -0.39 is 40.2 Å². The number of anilines is 1. The van der Waals surface area contributed by atoms with Crippen molar-refractivity contribution in [3.8, 4) is 5.75 Å². The van der Waals surface area contributed by atoms with Crippen molar-refractivity contribution in [2.24, 2.45) is 0 Å². The number of nitrogens with zero attached hydrogens (tertiary/aromatic N) is 2. The fourth-order valence-corrected chi connectivity index (χ4v) is 5.35. The molecule has 0 saturated carbocycles. The van der Waals surface area contributed by atoms with E-state index in [1.807, 2.05) is 0 Å². The molecule has 3 aromatic rings. The highest BCUT2D eigenvalue weighted by Crippen LogP contribution is 2.27. The highest BCUT2D eigenvalue weighted by molar-refractivity contribution is 7.92. The summed E-state index contributed by atoms with van der Waals surface area (Å²) in [7, 11) is -2.79. The molecule has 0 aliphatic carbocycles. The van der Waals surface area contributed by atoms with E-state index >= 15 is 0 Å². The molecule has 0 saturated heterocycles. The second kappa shape index (κ2) is 12.9. The average molecular weight is 576 g/mol. The minimum absolute atomic E-state index is 0.0719. The van der Waals surface area contributed by atoms with Crippen LogP contribution in [0.3, 0.4) is 0 Å². The Bertz CT molecular complexity index is 1400. The van der Waals surface area contributed by atoms with Gasteiger partial charge in [0.2, 0.25) is 11.8 Å². The number of methoxy groups -OCH3 is 1. The molecule has 0 radical (unpaired) electrons. The van der Waals surface area contributed by atoms with Crippen LogP contribution in [0.15, 0.2) is 77.7 Å². The van der Waals surface area contributed by atoms with Crippen molar-refractivity contribution in [2.75, 3.05) is 18.0 Å². The molecule has 1 N–H and O–H groups in total. The largest absolute Gasteiger partial charge is 0.497 e. The van der Waals surface area contributed by atoms with Crippen LogP contribution in [0, 0.1) is 5.82 Å². The van der Waals surface area contributed by atoms with Gasteiger partial charge in [0, 0.05) is 23.2 Å². The van der Waals surface area contributed by atoms with E-state index in [-0.39, 0.29) is 28.7 Å². The maximum absolute atomic E-state index is 14.6. The lowest BCUT2D eigenvalue weighted by atomic mass is 10.1. The number of halogens is 2. The normalized spacial score (nSPS) is 12.1. The Hall–Kier alpha value is -3.63. The summed E-state index contributed by atoms with van der Waals surface area (Å²) >= 11 is 6.02. The lowest BCUT2D eigenvalue weighted by Crippen LogP contribution is -2.52. The highest BCUT2D eigenvalue weighted by Gasteiger charge is 2.33. The Labute approximate surface area is 233 Å². The van der Waals surface area contributed by atoms with E-state index in [9.17, 15) is 22.4 Å². The maximum atomic E-state index is 14.6. The molecule has 208 valence electrons. The van der Waals surface area contributed by atoms with Gasteiger partial charge in [0.15, 0.2) is 0 Å². The van der Waals surface area contributed by atoms with Gasteiger partial charge in [0.25, 0.3) is 10.0 Å². The second-order valence-corrected chi connectivity index (χ2v) is 11.4. The number of rotatable bonds is 11. The van der Waals surface area contributed by atoms with Crippen LogP contribution in [0.25, 0.3) is 0 Å². The van der Waals surface area contributed by atoms with Gasteiger partial charge < -0.3 is 15.0 Å². The number of carbonyl (C=O) groups excluding carboxylic acids is 2. The fraction of sp³-hybridized carbons (Fsp3) is 0.286. The first-order chi connectivity index (χ1) is 18.4. The SMILES string of the molecule is COc1ccc(S(=O)(=O)N(CC(=O)N(Cc2ccccc2F)[C@@H](C)C(=O)NC(C)C)c2ccc(Cl)cc2)cc1. The second-order valence-electron chi connectivity index (χ2n) is 9.12. The van der Waals surface area contributed by atoms with Crippen LogP contribution in [0.2, 0.25) is 5.02 Å². The zero-order chi connectivity index (χ0) is 28.7. The van der Waals surface area contributed by atoms with E-state index in [0.717, 1.165) is 4.31 Å². The molecule has 11 heteroatoms. The smallest absolute Gasteiger partial charge is 0.264 e. The Balaban J connectivity index is 2.04. The quantitative estimate of drug-likeness (QED) is 0.360. The molecule has 2 amide bonds. The standard InChI is InChI=1S/C28H31ClFN3O5S/c1-19(2)31-28(35)20(3)32(17-21-7-5-6-8-26(21)30)27(34)18-33(23-11-9-22(29)10-12-23)39(36,37)25-15-13-24(38-4)14-16-25/h5-16,19-20H,17-18H2,1-4H3,(H,31,35)/t20-/m0/s1. The van der Waals surface area contributed by atoms with Crippen LogP contribution in [0.4, 0.5) is 10.1 Å². The van der Waals surface area contributed by atoms with Crippen molar-refractivity contribution in [3.63, 3.8) is 0 Å². The summed E-state index contributed by atoms with van der Waals surface area (Å²) in [5.41, 5.74) is 0.375. The Morgan fingerprint density at radius 2 is 1.59 bits per heavy atom. The van der Waals surface area contributed by atoms with E-state index in [2.05, 4.69) is 5.32 Å². The predicted molar refractivity (Wildman–Crippen MR) is 149 cm³/mol. The van der Waals surface area contributed by atoms with Crippen molar-refractivity contribution in [3.05, 3.63) is 89.2 Å². The molecule has 3 rings (SSSR count). The summed E-state index contributed by atoms with van der Waals surface area (Å²) < 4.78 is 48.2. The average Bonchev–Trinajstić information content (AvgIpc) is 2.91. The van der Waals surface area contributed by atoms with Crippen LogP contribution in [0.1, 0.15) is 26.3 Å². The molecule has 0 aromatic heterocycles. The first-order valence-electron chi connectivity index (χ1n) is 12.2. The Morgan fingerprint density at radius 1 is 0.974 bits per heavy atom. The molecule has 0 heterocycles. The summed E-state index contributed by atoms with van der Waals surface area (Å²) in [4.78, 5) is 27.8. The molecular weight excluding hydrogens is 545 g/mol. The van der Waals surface area contributed by atoms with Crippen molar-refractivity contribution < 1.29 is 27.1 Å². The van der Waals surface area contributed by atoms with E-state index in [1.165, 1.54) is 85.7 Å². The highest BCUT2D eigenvalue weighted by atomic mass is 35.5. The van der Waals surface area contributed by atoms with Crippen LogP contribution in [0.5, 0.6) is 5.75 Å². The van der Waals surface area contributed by atoms with Gasteiger partial charge in [0.1, 0.15) is 24.2 Å². The van der Waals surface area contributed by atoms with Gasteiger partial charge in [-0.2, -0.15) is 0 Å². The summed E-state index contributed by atoms with van der Waals surface area (Å²) in [5.74, 6) is -1.24. The molecule has 39 heavy (non-hydrogen) atoms. The topological polar surface area (TPSA) is 96.0 Å². The third kappa shape index (κ3) is 7.48. The molecule has 0 spiro atoms. The fourth-order valence-electron chi connectivity index (χ4n) is 3.81. The number of nitrogens with one attached hydrogen (secondary N) is 1. The number of ether oxygens (including phenoxy) is 1. The minimum Gasteiger partial charge on any atom is -0.497 e. The monoisotopic (exact) mass is 575 g/mol. The molecule has 0 aliphatic heterocycles. The van der Waals surface area contributed by atoms with E-state index in [0.29, 0.717) is 10.8 Å². The lowest BCUT2D eigenvalue weighted by molar-refractivity contribution is -0.139. The molecule has 8 nitrogen and oxygen atoms in total. The van der Waals surface area contributed by atoms with Crippen molar-refractivity contribution >= 4 is 39.1 Å². The number of hydrogen-bond acceptors (Lipinski definition) is 5. The first-order valence-corrected chi connectivity index (χ1v) is 14.0. The maximum Gasteiger partial charge on any atom is 0.264 e. The minimum atomic E-state index is -4.25. The van der Waals surface area contributed by atoms with Crippen molar-refractivity contribution in [1.82, 2.24) is 10.2 Å². The summed E-state index contributed by atoms with van der Waals surface area (Å²) in [6.45, 7) is 4.18. The van der Waals surface area contributed by atoms with Crippen LogP contribution in [-0.4, -0.2) is 50.9 Å². The number of sulfonamides is 1. The lowest BCUT2D eigenvalue weighted by Gasteiger charge is -2.32. The molecule has 0 unspecified atom stereocenters. The number of carbonyl (C=O) groups is 2. The number of amides is 2. The van der Waals surface area contributed by atoms with Crippen molar-refractivity contribution in [1.29, 1.82) is 0 Å². The first kappa shape index (κ1) is 29.9. The third-order valence-electron chi connectivity index (χ3n) is 5.94. The predicted octanol–water partition coefficient (Wildman–Crippen LogP) is 4.62. The van der Waals surface area contributed by atoms with Gasteiger partial charge >= 0.3 is 0 Å². The molecule has 3 aromatic carbocycles.